The summed E-state index contributed by atoms with van der Waals surface area (Å²) in [5.74, 6) is 0.816. The maximum absolute atomic E-state index is 11.1. The van der Waals surface area contributed by atoms with Gasteiger partial charge in [0.2, 0.25) is 0 Å². The van der Waals surface area contributed by atoms with E-state index >= 15 is 0 Å². The molecule has 20 heavy (non-hydrogen) atoms. The predicted octanol–water partition coefficient (Wildman–Crippen LogP) is -0.0523. The Bertz CT molecular complexity index is 452. The van der Waals surface area contributed by atoms with Crippen molar-refractivity contribution in [2.24, 2.45) is 11.8 Å². The van der Waals surface area contributed by atoms with E-state index in [2.05, 4.69) is 25.9 Å². The number of carbonyl (C=O) groups is 1. The topological polar surface area (TPSA) is 113 Å². The summed E-state index contributed by atoms with van der Waals surface area (Å²) in [6.45, 7) is 1.17. The number of aliphatic carboxylic acids is 1. The highest BCUT2D eigenvalue weighted by Crippen LogP contribution is 2.37. The average molecular weight is 281 g/mol. The van der Waals surface area contributed by atoms with Crippen molar-refractivity contribution in [3.05, 3.63) is 5.82 Å². The van der Waals surface area contributed by atoms with E-state index in [0.717, 1.165) is 25.8 Å². The number of hydrogen-bond acceptors (Lipinski definition) is 6. The number of ether oxygens (including phenoxy) is 1. The third-order valence-corrected chi connectivity index (χ3v) is 4.39. The number of piperidine rings is 1. The first-order valence-electron chi connectivity index (χ1n) is 7.02. The summed E-state index contributed by atoms with van der Waals surface area (Å²) in [7, 11) is 0. The fourth-order valence-corrected chi connectivity index (χ4v) is 3.30. The first kappa shape index (κ1) is 13.4. The van der Waals surface area contributed by atoms with Crippen molar-refractivity contribution < 1.29 is 14.6 Å². The van der Waals surface area contributed by atoms with Crippen LogP contribution in [0.2, 0.25) is 0 Å². The lowest BCUT2D eigenvalue weighted by molar-refractivity contribution is -0.141. The summed E-state index contributed by atoms with van der Waals surface area (Å²) < 4.78 is 5.82. The Morgan fingerprint density at radius 2 is 2.25 bits per heavy atom. The van der Waals surface area contributed by atoms with Crippen molar-refractivity contribution in [2.75, 3.05) is 6.54 Å². The number of aromatic nitrogens is 4. The molecular formula is C12H19N5O3. The van der Waals surface area contributed by atoms with E-state index in [0.29, 0.717) is 30.7 Å². The quantitative estimate of drug-likeness (QED) is 0.709. The number of carboxylic acid groups (broad SMARTS) is 1. The molecule has 1 aromatic rings. The van der Waals surface area contributed by atoms with E-state index in [9.17, 15) is 4.79 Å². The highest BCUT2D eigenvalue weighted by Gasteiger charge is 2.37. The first-order valence-corrected chi connectivity index (χ1v) is 7.02. The number of nitrogens with one attached hydrogen (secondary N) is 2. The smallest absolute Gasteiger partial charge is 0.320 e. The molecule has 110 valence electrons. The minimum absolute atomic E-state index is 0.169. The molecule has 1 aliphatic heterocycles. The number of aromatic amines is 1. The predicted molar refractivity (Wildman–Crippen MR) is 67.6 cm³/mol. The molecule has 1 saturated carbocycles. The summed E-state index contributed by atoms with van der Waals surface area (Å²) in [5, 5.41) is 25.8. The second kappa shape index (κ2) is 5.84. The third kappa shape index (κ3) is 2.96. The van der Waals surface area contributed by atoms with Crippen molar-refractivity contribution in [1.29, 1.82) is 0 Å². The molecule has 1 aliphatic carbocycles. The molecule has 3 rings (SSSR count). The number of H-pyrrole nitrogens is 1. The van der Waals surface area contributed by atoms with E-state index in [1.54, 1.807) is 0 Å². The van der Waals surface area contributed by atoms with Crippen LogP contribution in [0.25, 0.3) is 0 Å². The molecule has 1 saturated heterocycles. The molecule has 0 amide bonds. The highest BCUT2D eigenvalue weighted by molar-refractivity contribution is 5.73. The lowest BCUT2D eigenvalue weighted by atomic mass is 9.72. The van der Waals surface area contributed by atoms with Gasteiger partial charge in [0, 0.05) is 0 Å². The number of carboxylic acids is 1. The Balaban J connectivity index is 1.52. The van der Waals surface area contributed by atoms with Gasteiger partial charge in [-0.05, 0) is 44.1 Å². The van der Waals surface area contributed by atoms with E-state index in [1.807, 2.05) is 0 Å². The van der Waals surface area contributed by atoms with Crippen LogP contribution in [-0.2, 0) is 16.1 Å². The van der Waals surface area contributed by atoms with Gasteiger partial charge in [-0.1, -0.05) is 5.21 Å². The van der Waals surface area contributed by atoms with E-state index in [4.69, 9.17) is 9.84 Å². The number of rotatable bonds is 4. The standard InChI is InChI=1S/C12H19N5O3/c18-12(19)10-4-8-3-9(2-1-7(8)5-13-10)20-6-11-14-16-17-15-11/h7-10,13H,1-6H2,(H,18,19)(H,14,15,16,17)/t7-,8+,9-,10-/m1/s1. The van der Waals surface area contributed by atoms with Gasteiger partial charge in [-0.15, -0.1) is 10.2 Å². The second-order valence-electron chi connectivity index (χ2n) is 5.63. The van der Waals surface area contributed by atoms with Crippen molar-refractivity contribution in [2.45, 2.75) is 44.4 Å². The average Bonchev–Trinajstić information content (AvgIpc) is 2.97. The zero-order valence-electron chi connectivity index (χ0n) is 11.2. The van der Waals surface area contributed by atoms with Gasteiger partial charge in [-0.2, -0.15) is 5.21 Å². The molecule has 1 aromatic heterocycles. The zero-order chi connectivity index (χ0) is 13.9. The molecule has 0 aromatic carbocycles. The minimum Gasteiger partial charge on any atom is -0.480 e. The van der Waals surface area contributed by atoms with Crippen molar-refractivity contribution in [1.82, 2.24) is 25.9 Å². The lowest BCUT2D eigenvalue weighted by Gasteiger charge is -2.41. The van der Waals surface area contributed by atoms with Crippen LogP contribution in [0, 0.1) is 11.8 Å². The minimum atomic E-state index is -0.752. The molecule has 4 atom stereocenters. The number of fused-ring (bicyclic) bond motifs is 1. The lowest BCUT2D eigenvalue weighted by Crippen LogP contribution is -2.50. The van der Waals surface area contributed by atoms with Gasteiger partial charge < -0.3 is 15.2 Å². The molecule has 0 bridgehead atoms. The molecule has 8 nitrogen and oxygen atoms in total. The van der Waals surface area contributed by atoms with Crippen molar-refractivity contribution in [3.63, 3.8) is 0 Å². The second-order valence-corrected chi connectivity index (χ2v) is 5.63. The Kier molecular flexibility index (Phi) is 3.93. The van der Waals surface area contributed by atoms with E-state index < -0.39 is 12.0 Å². The molecule has 2 aliphatic rings. The summed E-state index contributed by atoms with van der Waals surface area (Å²) in [4.78, 5) is 11.1. The molecule has 2 heterocycles. The van der Waals surface area contributed by atoms with Crippen LogP contribution >= 0.6 is 0 Å². The molecule has 0 spiro atoms. The third-order valence-electron chi connectivity index (χ3n) is 4.39. The van der Waals surface area contributed by atoms with Crippen LogP contribution in [0.15, 0.2) is 0 Å². The largest absolute Gasteiger partial charge is 0.480 e. The Morgan fingerprint density at radius 1 is 1.35 bits per heavy atom. The summed E-state index contributed by atoms with van der Waals surface area (Å²) >= 11 is 0. The fourth-order valence-electron chi connectivity index (χ4n) is 3.30. The maximum atomic E-state index is 11.1. The molecule has 0 unspecified atom stereocenters. The Labute approximate surface area is 116 Å². The van der Waals surface area contributed by atoms with Gasteiger partial charge in [0.15, 0.2) is 5.82 Å². The molecular weight excluding hydrogens is 262 g/mol. The number of tetrazole rings is 1. The van der Waals surface area contributed by atoms with Gasteiger partial charge in [0.1, 0.15) is 12.6 Å². The Morgan fingerprint density at radius 3 is 3.00 bits per heavy atom. The molecule has 8 heteroatoms. The molecule has 0 radical (unpaired) electrons. The molecule has 3 N–H and O–H groups in total. The van der Waals surface area contributed by atoms with Gasteiger partial charge in [0.25, 0.3) is 0 Å². The van der Waals surface area contributed by atoms with Crippen LogP contribution in [0.4, 0.5) is 0 Å². The maximum Gasteiger partial charge on any atom is 0.320 e. The Hall–Kier alpha value is -1.54. The first-order chi connectivity index (χ1) is 9.72. The van der Waals surface area contributed by atoms with Gasteiger partial charge in [0.05, 0.1) is 6.10 Å². The van der Waals surface area contributed by atoms with Crippen LogP contribution in [0.3, 0.4) is 0 Å². The highest BCUT2D eigenvalue weighted by atomic mass is 16.5. The van der Waals surface area contributed by atoms with E-state index in [1.165, 1.54) is 0 Å². The van der Waals surface area contributed by atoms with Crippen LogP contribution in [-0.4, -0.2) is 50.4 Å². The monoisotopic (exact) mass is 281 g/mol. The van der Waals surface area contributed by atoms with Gasteiger partial charge >= 0.3 is 5.97 Å². The zero-order valence-corrected chi connectivity index (χ0v) is 11.2. The summed E-state index contributed by atoms with van der Waals surface area (Å²) in [6, 6.07) is -0.410. The van der Waals surface area contributed by atoms with Crippen LogP contribution < -0.4 is 5.32 Å². The van der Waals surface area contributed by atoms with E-state index in [-0.39, 0.29) is 6.10 Å². The SMILES string of the molecule is O=C(O)[C@H]1C[C@@H]2C[C@H](OCc3nn[nH]n3)CC[C@@H]2CN1. The number of nitrogens with zero attached hydrogens (tertiary/aromatic N) is 3. The van der Waals surface area contributed by atoms with Gasteiger partial charge in [-0.3, -0.25) is 4.79 Å². The van der Waals surface area contributed by atoms with Crippen molar-refractivity contribution >= 4 is 5.97 Å². The van der Waals surface area contributed by atoms with Crippen LogP contribution in [0.5, 0.6) is 0 Å². The normalized spacial score (nSPS) is 33.6. The summed E-state index contributed by atoms with van der Waals surface area (Å²) in [6.07, 6.45) is 3.89. The fraction of sp³-hybridized carbons (Fsp3) is 0.833. The van der Waals surface area contributed by atoms with Crippen LogP contribution in [0.1, 0.15) is 31.5 Å². The summed E-state index contributed by atoms with van der Waals surface area (Å²) in [5.41, 5.74) is 0. The molecule has 2 fully saturated rings. The van der Waals surface area contributed by atoms with Crippen molar-refractivity contribution in [3.8, 4) is 0 Å². The number of hydrogen-bond donors (Lipinski definition) is 3. The van der Waals surface area contributed by atoms with Gasteiger partial charge in [-0.25, -0.2) is 0 Å².